The van der Waals surface area contributed by atoms with Crippen molar-refractivity contribution >= 4 is 16.5 Å². The Bertz CT molecular complexity index is 611. The number of rotatable bonds is 3. The third-order valence-electron chi connectivity index (χ3n) is 2.60. The van der Waals surface area contributed by atoms with E-state index in [4.69, 9.17) is 0 Å². The zero-order valence-corrected chi connectivity index (χ0v) is 9.43. The maximum absolute atomic E-state index is 9.17. The summed E-state index contributed by atoms with van der Waals surface area (Å²) in [5.41, 5.74) is 3.60. The number of nitriles is 1. The summed E-state index contributed by atoms with van der Waals surface area (Å²) < 4.78 is 0. The van der Waals surface area contributed by atoms with Gasteiger partial charge < -0.3 is 0 Å². The first-order valence-corrected chi connectivity index (χ1v) is 5.36. The van der Waals surface area contributed by atoms with Crippen LogP contribution in [0.1, 0.15) is 0 Å². The summed E-state index contributed by atoms with van der Waals surface area (Å²) in [5.74, 6) is 0. The van der Waals surface area contributed by atoms with Crippen LogP contribution in [0.5, 0.6) is 0 Å². The molecule has 0 aliphatic rings. The van der Waals surface area contributed by atoms with Crippen LogP contribution in [0.15, 0.2) is 60.9 Å². The summed E-state index contributed by atoms with van der Waals surface area (Å²) in [6.07, 6.45) is 3.92. The molecule has 0 saturated carbocycles. The van der Waals surface area contributed by atoms with Crippen LogP contribution in [0, 0.1) is 11.5 Å². The van der Waals surface area contributed by atoms with E-state index in [-0.39, 0.29) is 0 Å². The Morgan fingerprint density at radius 2 is 1.94 bits per heavy atom. The fourth-order valence-electron chi connectivity index (χ4n) is 1.79. The average Bonchev–Trinajstić information content (AvgIpc) is 2.40. The highest BCUT2D eigenvalue weighted by Crippen LogP contribution is 2.26. The van der Waals surface area contributed by atoms with Gasteiger partial charge in [-0.1, -0.05) is 43.0 Å². The molecule has 0 unspecified atom stereocenters. The fraction of sp³-hybridized carbons (Fsp3) is 0.0667. The quantitative estimate of drug-likeness (QED) is 0.450. The van der Waals surface area contributed by atoms with Gasteiger partial charge in [-0.2, -0.15) is 5.26 Å². The predicted octanol–water partition coefficient (Wildman–Crippen LogP) is 3.47. The number of anilines is 1. The molecular weight excluding hydrogens is 208 g/mol. The lowest BCUT2D eigenvalue weighted by Gasteiger charge is -2.15. The van der Waals surface area contributed by atoms with Gasteiger partial charge in [0.1, 0.15) is 0 Å². The van der Waals surface area contributed by atoms with E-state index in [1.54, 1.807) is 11.0 Å². The van der Waals surface area contributed by atoms with Gasteiger partial charge in [-0.3, -0.25) is 4.90 Å². The Morgan fingerprint density at radius 1 is 1.18 bits per heavy atom. The van der Waals surface area contributed by atoms with E-state index in [1.807, 2.05) is 42.5 Å². The highest BCUT2D eigenvalue weighted by atomic mass is 15.1. The zero-order chi connectivity index (χ0) is 12.1. The normalized spacial score (nSPS) is 9.35. The molecule has 0 atom stereocenters. The summed E-state index contributed by atoms with van der Waals surface area (Å²) in [5, 5.41) is 11.4. The van der Waals surface area contributed by atoms with Crippen LogP contribution < -0.4 is 4.90 Å². The van der Waals surface area contributed by atoms with Crippen molar-refractivity contribution in [3.05, 3.63) is 60.9 Å². The van der Waals surface area contributed by atoms with Crippen LogP contribution in [0.3, 0.4) is 0 Å². The summed E-state index contributed by atoms with van der Waals surface area (Å²) in [6.45, 7) is 4.00. The van der Waals surface area contributed by atoms with Crippen molar-refractivity contribution in [1.82, 2.24) is 0 Å². The van der Waals surface area contributed by atoms with Crippen molar-refractivity contribution in [3.8, 4) is 6.19 Å². The van der Waals surface area contributed by atoms with Gasteiger partial charge in [-0.25, -0.2) is 0 Å². The molecule has 0 bridgehead atoms. The molecule has 2 aromatic carbocycles. The SMILES string of the molecule is C=C=CCN(C#N)c1cccc2ccccc12. The maximum atomic E-state index is 9.17. The Labute approximate surface area is 101 Å². The van der Waals surface area contributed by atoms with E-state index in [1.165, 1.54) is 0 Å². The number of benzene rings is 2. The molecule has 0 amide bonds. The highest BCUT2D eigenvalue weighted by molar-refractivity contribution is 5.94. The van der Waals surface area contributed by atoms with Crippen molar-refractivity contribution in [2.75, 3.05) is 11.4 Å². The van der Waals surface area contributed by atoms with Gasteiger partial charge in [0.25, 0.3) is 0 Å². The van der Waals surface area contributed by atoms with Crippen LogP contribution in [-0.4, -0.2) is 6.54 Å². The minimum atomic E-state index is 0.494. The molecule has 2 rings (SSSR count). The second kappa shape index (κ2) is 5.03. The standard InChI is InChI=1S/C15H12N2/c1-2-3-11-17(12-16)15-10-6-8-13-7-4-5-9-14(13)15/h3-10H,1,11H2. The van der Waals surface area contributed by atoms with Gasteiger partial charge in [-0.15, -0.1) is 5.73 Å². The van der Waals surface area contributed by atoms with Crippen LogP contribution in [0.4, 0.5) is 5.69 Å². The zero-order valence-electron chi connectivity index (χ0n) is 9.43. The van der Waals surface area contributed by atoms with Crippen LogP contribution in [0.25, 0.3) is 10.8 Å². The number of hydrogen-bond donors (Lipinski definition) is 0. The molecule has 82 valence electrons. The Hall–Kier alpha value is -2.49. The van der Waals surface area contributed by atoms with E-state index in [9.17, 15) is 5.26 Å². The second-order valence-electron chi connectivity index (χ2n) is 3.62. The molecule has 0 fully saturated rings. The molecule has 0 spiro atoms. The van der Waals surface area contributed by atoms with Crippen molar-refractivity contribution < 1.29 is 0 Å². The molecule has 2 nitrogen and oxygen atoms in total. The summed E-state index contributed by atoms with van der Waals surface area (Å²) in [6, 6.07) is 14.0. The van der Waals surface area contributed by atoms with Gasteiger partial charge in [-0.05, 0) is 17.5 Å². The second-order valence-corrected chi connectivity index (χ2v) is 3.62. The fourth-order valence-corrected chi connectivity index (χ4v) is 1.79. The van der Waals surface area contributed by atoms with Crippen LogP contribution in [-0.2, 0) is 0 Å². The molecule has 2 aromatic rings. The average molecular weight is 220 g/mol. The lowest BCUT2D eigenvalue weighted by molar-refractivity contribution is 1.11. The van der Waals surface area contributed by atoms with Gasteiger partial charge in [0, 0.05) is 5.39 Å². The summed E-state index contributed by atoms with van der Waals surface area (Å²) >= 11 is 0. The Morgan fingerprint density at radius 3 is 2.71 bits per heavy atom. The highest BCUT2D eigenvalue weighted by Gasteiger charge is 2.07. The molecule has 0 aliphatic heterocycles. The predicted molar refractivity (Wildman–Crippen MR) is 70.6 cm³/mol. The molecule has 0 aromatic heterocycles. The molecular formula is C15H12N2. The Kier molecular flexibility index (Phi) is 3.25. The third-order valence-corrected chi connectivity index (χ3v) is 2.60. The molecule has 0 aliphatic carbocycles. The number of hydrogen-bond acceptors (Lipinski definition) is 2. The first-order valence-electron chi connectivity index (χ1n) is 5.36. The summed E-state index contributed by atoms with van der Waals surface area (Å²) in [4.78, 5) is 1.63. The first kappa shape index (κ1) is 11.0. The van der Waals surface area contributed by atoms with E-state index in [2.05, 4.69) is 18.5 Å². The van der Waals surface area contributed by atoms with Gasteiger partial charge in [0.2, 0.25) is 0 Å². The number of nitrogens with zero attached hydrogens (tertiary/aromatic N) is 2. The summed E-state index contributed by atoms with van der Waals surface area (Å²) in [7, 11) is 0. The smallest absolute Gasteiger partial charge is 0.184 e. The van der Waals surface area contributed by atoms with Crippen molar-refractivity contribution in [3.63, 3.8) is 0 Å². The van der Waals surface area contributed by atoms with Gasteiger partial charge in [0.05, 0.1) is 12.2 Å². The topological polar surface area (TPSA) is 27.0 Å². The van der Waals surface area contributed by atoms with Gasteiger partial charge >= 0.3 is 0 Å². The lowest BCUT2D eigenvalue weighted by atomic mass is 10.1. The maximum Gasteiger partial charge on any atom is 0.184 e. The monoisotopic (exact) mass is 220 g/mol. The van der Waals surface area contributed by atoms with E-state index < -0.39 is 0 Å². The first-order chi connectivity index (χ1) is 8.36. The van der Waals surface area contributed by atoms with Crippen LogP contribution in [0.2, 0.25) is 0 Å². The molecule has 2 heteroatoms. The molecule has 17 heavy (non-hydrogen) atoms. The minimum absolute atomic E-state index is 0.494. The van der Waals surface area contributed by atoms with Crippen LogP contribution >= 0.6 is 0 Å². The van der Waals surface area contributed by atoms with E-state index in [0.29, 0.717) is 6.54 Å². The lowest BCUT2D eigenvalue weighted by Crippen LogP contribution is -2.16. The molecule has 0 N–H and O–H groups in total. The van der Waals surface area contributed by atoms with Gasteiger partial charge in [0.15, 0.2) is 6.19 Å². The van der Waals surface area contributed by atoms with E-state index in [0.717, 1.165) is 16.5 Å². The van der Waals surface area contributed by atoms with Crippen molar-refractivity contribution in [2.24, 2.45) is 0 Å². The third kappa shape index (κ3) is 2.20. The molecule has 0 saturated heterocycles. The largest absolute Gasteiger partial charge is 0.274 e. The number of fused-ring (bicyclic) bond motifs is 1. The molecule has 0 radical (unpaired) electrons. The molecule has 0 heterocycles. The Balaban J connectivity index is 2.54. The van der Waals surface area contributed by atoms with E-state index >= 15 is 0 Å². The van der Waals surface area contributed by atoms with Crippen molar-refractivity contribution in [2.45, 2.75) is 0 Å². The minimum Gasteiger partial charge on any atom is -0.274 e. The van der Waals surface area contributed by atoms with Crippen molar-refractivity contribution in [1.29, 1.82) is 5.26 Å².